The van der Waals surface area contributed by atoms with Gasteiger partial charge in [0.25, 0.3) is 30.2 Å². The highest BCUT2D eigenvalue weighted by atomic mass is 35.7. The largest absolute Gasteiger partial charge is 0.384 e. The molecule has 2 aliphatic rings. The molecule has 0 atom stereocenters. The van der Waals surface area contributed by atoms with Gasteiger partial charge in [0.2, 0.25) is 0 Å². The number of rotatable bonds is 3. The molecule has 6 aromatic rings. The van der Waals surface area contributed by atoms with Gasteiger partial charge in [0.05, 0.1) is 15.5 Å². The van der Waals surface area contributed by atoms with Crippen LogP contribution in [0.2, 0.25) is 10.0 Å². The van der Waals surface area contributed by atoms with Crippen molar-refractivity contribution in [3.8, 4) is 0 Å². The molecule has 2 aromatic heterocycles. The van der Waals surface area contributed by atoms with Crippen LogP contribution in [0.5, 0.6) is 0 Å². The standard InChI is InChI=1S/C17H13ClN2O3S.C9H6ClNO3S.C8H8ClN/c18-12-5-4-11-7-9-20(15(11)10-12)24(22,23)16-3-1-2-14-13(16)6-8-19-17(14)21;10-15(13,14)8-3-1-2-7-6(8)4-5-11-9(7)12;9-7-2-1-6-3-4-10-8(6)5-7/h1-6,8,10H,7,9H2,(H,19,21);1-5H,(H,11,12);1-2,5,10H,3-4H2. The first-order chi connectivity index (χ1) is 23.3. The summed E-state index contributed by atoms with van der Waals surface area (Å²) in [5.74, 6) is 0. The molecule has 2 aliphatic heterocycles. The van der Waals surface area contributed by atoms with Crippen LogP contribution in [-0.4, -0.2) is 39.9 Å². The quantitative estimate of drug-likeness (QED) is 0.170. The summed E-state index contributed by atoms with van der Waals surface area (Å²) in [4.78, 5) is 28.4. The van der Waals surface area contributed by atoms with Crippen LogP contribution in [0, 0.1) is 0 Å². The number of nitrogens with one attached hydrogen (secondary N) is 3. The average molecular weight is 758 g/mol. The van der Waals surface area contributed by atoms with Crippen LogP contribution in [-0.2, 0) is 31.9 Å². The van der Waals surface area contributed by atoms with Gasteiger partial charge in [0.15, 0.2) is 0 Å². The van der Waals surface area contributed by atoms with Crippen LogP contribution < -0.4 is 20.7 Å². The minimum atomic E-state index is -3.83. The zero-order chi connectivity index (χ0) is 34.9. The zero-order valence-corrected chi connectivity index (χ0v) is 29.3. The summed E-state index contributed by atoms with van der Waals surface area (Å²) in [5.41, 5.74) is 3.48. The van der Waals surface area contributed by atoms with Crippen LogP contribution >= 0.6 is 33.9 Å². The SMILES string of the molecule is Clc1ccc2c(c1)NCC2.O=c1[nH]ccc2c(S(=O)(=O)Cl)cccc12.O=c1[nH]ccc2c(S(=O)(=O)N3CCc4ccc(Cl)cc43)cccc12. The van der Waals surface area contributed by atoms with Gasteiger partial charge in [-0.1, -0.05) is 47.5 Å². The van der Waals surface area contributed by atoms with E-state index in [1.807, 2.05) is 18.2 Å². The highest BCUT2D eigenvalue weighted by molar-refractivity contribution is 8.14. The second-order valence-corrected chi connectivity index (χ2v) is 16.3. The number of benzene rings is 4. The summed E-state index contributed by atoms with van der Waals surface area (Å²) in [6.07, 6.45) is 4.61. The van der Waals surface area contributed by atoms with E-state index in [1.165, 1.54) is 52.2 Å². The average Bonchev–Trinajstić information content (AvgIpc) is 3.72. The molecule has 3 N–H and O–H groups in total. The molecule has 0 spiro atoms. The first kappa shape index (κ1) is 34.5. The van der Waals surface area contributed by atoms with Gasteiger partial charge >= 0.3 is 0 Å². The van der Waals surface area contributed by atoms with Crippen molar-refractivity contribution in [2.24, 2.45) is 0 Å². The lowest BCUT2D eigenvalue weighted by molar-refractivity contribution is 0.593. The second kappa shape index (κ2) is 13.9. The maximum Gasteiger partial charge on any atom is 0.264 e. The molecule has 0 amide bonds. The predicted octanol–water partition coefficient (Wildman–Crippen LogP) is 6.70. The second-order valence-electron chi connectivity index (χ2n) is 11.1. The minimum absolute atomic E-state index is 0.0484. The number of anilines is 2. The predicted molar refractivity (Wildman–Crippen MR) is 196 cm³/mol. The molecule has 0 saturated carbocycles. The third kappa shape index (κ3) is 7.19. The number of hydrogen-bond acceptors (Lipinski definition) is 7. The van der Waals surface area contributed by atoms with E-state index < -0.39 is 19.1 Å². The number of H-pyrrole nitrogens is 2. The molecule has 4 heterocycles. The van der Waals surface area contributed by atoms with Gasteiger partial charge in [-0.15, -0.1) is 0 Å². The summed E-state index contributed by atoms with van der Waals surface area (Å²) in [7, 11) is -2.37. The van der Waals surface area contributed by atoms with Crippen LogP contribution in [0.3, 0.4) is 0 Å². The van der Waals surface area contributed by atoms with Gasteiger partial charge < -0.3 is 15.3 Å². The Hall–Kier alpha value is -4.33. The molecule has 0 saturated heterocycles. The van der Waals surface area contributed by atoms with Crippen LogP contribution in [0.25, 0.3) is 21.5 Å². The van der Waals surface area contributed by atoms with Crippen LogP contribution in [0.1, 0.15) is 11.1 Å². The van der Waals surface area contributed by atoms with Crippen LogP contribution in [0.15, 0.2) is 117 Å². The third-order valence-corrected chi connectivity index (χ3v) is 11.8. The van der Waals surface area contributed by atoms with E-state index >= 15 is 0 Å². The lowest BCUT2D eigenvalue weighted by Crippen LogP contribution is -2.29. The highest BCUT2D eigenvalue weighted by Gasteiger charge is 2.32. The van der Waals surface area contributed by atoms with E-state index in [4.69, 9.17) is 33.9 Å². The Morgan fingerprint density at radius 3 is 1.84 bits per heavy atom. The molecule has 49 heavy (non-hydrogen) atoms. The summed E-state index contributed by atoms with van der Waals surface area (Å²) in [6.45, 7) is 1.41. The maximum absolute atomic E-state index is 13.2. The van der Waals surface area contributed by atoms with Crippen molar-refractivity contribution in [1.29, 1.82) is 0 Å². The van der Waals surface area contributed by atoms with E-state index in [0.29, 0.717) is 45.2 Å². The molecule has 252 valence electrons. The molecule has 4 aromatic carbocycles. The molecule has 0 radical (unpaired) electrons. The first-order valence-electron chi connectivity index (χ1n) is 14.8. The highest BCUT2D eigenvalue weighted by Crippen LogP contribution is 2.36. The monoisotopic (exact) mass is 756 g/mol. The molecule has 0 fully saturated rings. The molecular weight excluding hydrogens is 731 g/mol. The fourth-order valence-electron chi connectivity index (χ4n) is 5.78. The number of nitrogens with zero attached hydrogens (tertiary/aromatic N) is 1. The van der Waals surface area contributed by atoms with Gasteiger partial charge in [0.1, 0.15) is 0 Å². The normalized spacial score (nSPS) is 13.5. The van der Waals surface area contributed by atoms with Gasteiger partial charge in [-0.2, -0.15) is 0 Å². The summed E-state index contributed by atoms with van der Waals surface area (Å²) < 4.78 is 50.2. The molecule has 0 unspecified atom stereocenters. The van der Waals surface area contributed by atoms with Crippen molar-refractivity contribution >= 4 is 85.9 Å². The fourth-order valence-corrected chi connectivity index (χ4v) is 8.91. The Kier molecular flexibility index (Phi) is 9.79. The molecular formula is C34H27Cl3N4O6S2. The van der Waals surface area contributed by atoms with Crippen molar-refractivity contribution in [3.05, 3.63) is 139 Å². The lowest BCUT2D eigenvalue weighted by atomic mass is 10.2. The number of hydrogen-bond donors (Lipinski definition) is 3. The number of halogens is 3. The number of pyridine rings is 2. The smallest absolute Gasteiger partial charge is 0.264 e. The summed E-state index contributed by atoms with van der Waals surface area (Å²) in [5, 5.41) is 5.96. The maximum atomic E-state index is 13.2. The van der Waals surface area contributed by atoms with E-state index in [0.717, 1.165) is 23.6 Å². The van der Waals surface area contributed by atoms with Crippen molar-refractivity contribution in [2.75, 3.05) is 22.7 Å². The van der Waals surface area contributed by atoms with Gasteiger partial charge in [-0.05, 0) is 84.6 Å². The van der Waals surface area contributed by atoms with Crippen molar-refractivity contribution in [2.45, 2.75) is 22.6 Å². The first-order valence-corrected chi connectivity index (χ1v) is 19.3. The van der Waals surface area contributed by atoms with E-state index in [9.17, 15) is 26.4 Å². The molecule has 8 rings (SSSR count). The van der Waals surface area contributed by atoms with Crippen molar-refractivity contribution < 1.29 is 16.8 Å². The third-order valence-electron chi connectivity index (χ3n) is 8.06. The Balaban J connectivity index is 0.000000141. The van der Waals surface area contributed by atoms with Gasteiger partial charge in [-0.3, -0.25) is 13.9 Å². The Bertz CT molecular complexity index is 2570. The number of fused-ring (bicyclic) bond motifs is 4. The van der Waals surface area contributed by atoms with Crippen molar-refractivity contribution in [3.63, 3.8) is 0 Å². The number of aromatic nitrogens is 2. The van der Waals surface area contributed by atoms with Gasteiger partial charge in [-0.25, -0.2) is 16.8 Å². The molecule has 10 nitrogen and oxygen atoms in total. The van der Waals surface area contributed by atoms with E-state index in [1.54, 1.807) is 36.4 Å². The number of sulfonamides is 1. The zero-order valence-electron chi connectivity index (χ0n) is 25.4. The van der Waals surface area contributed by atoms with Crippen LogP contribution in [0.4, 0.5) is 11.4 Å². The number of aromatic amines is 2. The minimum Gasteiger partial charge on any atom is -0.384 e. The molecule has 0 aliphatic carbocycles. The Morgan fingerprint density at radius 1 is 0.633 bits per heavy atom. The van der Waals surface area contributed by atoms with E-state index in [-0.39, 0.29) is 20.9 Å². The molecule has 15 heteroatoms. The van der Waals surface area contributed by atoms with Gasteiger partial charge in [0, 0.05) is 73.4 Å². The van der Waals surface area contributed by atoms with Crippen molar-refractivity contribution in [1.82, 2.24) is 9.97 Å². The topological polar surface area (TPSA) is 149 Å². The Labute approximate surface area is 295 Å². The fraction of sp³-hybridized carbons (Fsp3) is 0.118. The Morgan fingerprint density at radius 2 is 1.20 bits per heavy atom. The van der Waals surface area contributed by atoms with E-state index in [2.05, 4.69) is 21.4 Å². The lowest BCUT2D eigenvalue weighted by Gasteiger charge is -2.20. The summed E-state index contributed by atoms with van der Waals surface area (Å²) in [6, 6.07) is 23.5. The molecule has 0 bridgehead atoms. The summed E-state index contributed by atoms with van der Waals surface area (Å²) >= 11 is 11.8.